The number of rotatable bonds is 7. The summed E-state index contributed by atoms with van der Waals surface area (Å²) in [4.78, 5) is 53.5. The number of benzene rings is 1. The van der Waals surface area contributed by atoms with Crippen LogP contribution in [0.5, 0.6) is 0 Å². The normalized spacial score (nSPS) is 17.2. The second kappa shape index (κ2) is 10.4. The number of hydrogen-bond donors (Lipinski definition) is 1. The molecule has 0 bridgehead atoms. The average Bonchev–Trinajstić information content (AvgIpc) is 2.71. The third-order valence-electron chi connectivity index (χ3n) is 5.97. The first-order valence-corrected chi connectivity index (χ1v) is 12.1. The lowest BCUT2D eigenvalue weighted by Gasteiger charge is -2.40. The van der Waals surface area contributed by atoms with Crippen molar-refractivity contribution in [1.82, 2.24) is 4.90 Å². The minimum Gasteiger partial charge on any atom is -0.481 e. The monoisotopic (exact) mass is 489 g/mol. The van der Waals surface area contributed by atoms with Gasteiger partial charge in [0.2, 0.25) is 0 Å². The Morgan fingerprint density at radius 1 is 0.971 bits per heavy atom. The number of amides is 1. The molecule has 8 nitrogen and oxygen atoms in total. The van der Waals surface area contributed by atoms with Crippen LogP contribution in [-0.4, -0.2) is 58.1 Å². The van der Waals surface area contributed by atoms with Crippen LogP contribution in [0.15, 0.2) is 18.2 Å². The molecule has 0 fully saturated rings. The van der Waals surface area contributed by atoms with E-state index in [2.05, 4.69) is 0 Å². The molecule has 1 aromatic carbocycles. The molecule has 0 saturated heterocycles. The minimum absolute atomic E-state index is 0.00200. The molecule has 1 aromatic rings. The SMILES string of the molecule is CCN(CC)C(=O)c1ccc2c(c1)C(CC(=O)O)CC(C(=O)OC(C)(C)C)(C(=O)OC(C)(C)C)C2. The molecular formula is C27H39NO7. The molecule has 0 spiro atoms. The number of fused-ring (bicyclic) bond motifs is 1. The molecule has 0 radical (unpaired) electrons. The zero-order valence-electron chi connectivity index (χ0n) is 22.2. The number of nitrogens with zero attached hydrogens (tertiary/aromatic N) is 1. The molecule has 1 amide bonds. The lowest BCUT2D eigenvalue weighted by molar-refractivity contribution is -0.187. The summed E-state index contributed by atoms with van der Waals surface area (Å²) in [5.41, 5.74) is -1.66. The molecule has 8 heteroatoms. The lowest BCUT2D eigenvalue weighted by Crippen LogP contribution is -2.50. The first-order valence-electron chi connectivity index (χ1n) is 12.1. The van der Waals surface area contributed by atoms with Gasteiger partial charge in [0, 0.05) is 18.7 Å². The maximum absolute atomic E-state index is 13.5. The third kappa shape index (κ3) is 6.83. The molecule has 1 atom stereocenters. The number of ether oxygens (including phenoxy) is 2. The minimum atomic E-state index is -1.70. The van der Waals surface area contributed by atoms with Crippen LogP contribution < -0.4 is 0 Å². The smallest absolute Gasteiger partial charge is 0.324 e. The number of carbonyl (C=O) groups excluding carboxylic acids is 3. The largest absolute Gasteiger partial charge is 0.481 e. The van der Waals surface area contributed by atoms with Crippen LogP contribution >= 0.6 is 0 Å². The molecule has 1 aliphatic rings. The highest BCUT2D eigenvalue weighted by Gasteiger charge is 2.55. The van der Waals surface area contributed by atoms with Crippen molar-refractivity contribution in [2.75, 3.05) is 13.1 Å². The van der Waals surface area contributed by atoms with Crippen LogP contribution in [0.1, 0.15) is 95.6 Å². The lowest BCUT2D eigenvalue weighted by atomic mass is 9.65. The summed E-state index contributed by atoms with van der Waals surface area (Å²) in [7, 11) is 0. The van der Waals surface area contributed by atoms with Gasteiger partial charge in [0.15, 0.2) is 5.41 Å². The van der Waals surface area contributed by atoms with Crippen molar-refractivity contribution in [3.8, 4) is 0 Å². The number of carboxylic acid groups (broad SMARTS) is 1. The Balaban J connectivity index is 2.65. The van der Waals surface area contributed by atoms with Crippen LogP contribution in [0.2, 0.25) is 0 Å². The van der Waals surface area contributed by atoms with E-state index in [4.69, 9.17) is 9.47 Å². The van der Waals surface area contributed by atoms with Gasteiger partial charge < -0.3 is 19.5 Å². The van der Waals surface area contributed by atoms with Gasteiger partial charge in [-0.25, -0.2) is 0 Å². The van der Waals surface area contributed by atoms with Crippen LogP contribution in [0.4, 0.5) is 0 Å². The van der Waals surface area contributed by atoms with E-state index in [0.29, 0.717) is 29.8 Å². The summed E-state index contributed by atoms with van der Waals surface area (Å²) >= 11 is 0. The molecule has 0 saturated carbocycles. The van der Waals surface area contributed by atoms with Crippen molar-refractivity contribution < 1.29 is 33.8 Å². The van der Waals surface area contributed by atoms with Crippen LogP contribution in [0.25, 0.3) is 0 Å². The van der Waals surface area contributed by atoms with E-state index in [1.54, 1.807) is 64.6 Å². The van der Waals surface area contributed by atoms with Gasteiger partial charge in [-0.2, -0.15) is 0 Å². The van der Waals surface area contributed by atoms with E-state index in [9.17, 15) is 24.3 Å². The zero-order valence-corrected chi connectivity index (χ0v) is 22.2. The molecule has 0 heterocycles. The van der Waals surface area contributed by atoms with Crippen molar-refractivity contribution >= 4 is 23.8 Å². The van der Waals surface area contributed by atoms with Crippen molar-refractivity contribution in [3.63, 3.8) is 0 Å². The van der Waals surface area contributed by atoms with Crippen molar-refractivity contribution in [3.05, 3.63) is 34.9 Å². The van der Waals surface area contributed by atoms with Gasteiger partial charge in [0.05, 0.1) is 6.42 Å². The highest BCUT2D eigenvalue weighted by atomic mass is 16.6. The van der Waals surface area contributed by atoms with E-state index < -0.39 is 40.4 Å². The highest BCUT2D eigenvalue weighted by molar-refractivity contribution is 6.01. The van der Waals surface area contributed by atoms with Crippen LogP contribution in [0.3, 0.4) is 0 Å². The van der Waals surface area contributed by atoms with E-state index in [0.717, 1.165) is 0 Å². The number of hydrogen-bond acceptors (Lipinski definition) is 6. The Labute approximate surface area is 208 Å². The predicted molar refractivity (Wildman–Crippen MR) is 131 cm³/mol. The second-order valence-corrected chi connectivity index (χ2v) is 11.2. The van der Waals surface area contributed by atoms with Crippen molar-refractivity contribution in [1.29, 1.82) is 0 Å². The summed E-state index contributed by atoms with van der Waals surface area (Å²) in [5, 5.41) is 9.65. The molecule has 1 N–H and O–H groups in total. The first kappa shape index (κ1) is 28.3. The Morgan fingerprint density at radius 2 is 1.49 bits per heavy atom. The molecular weight excluding hydrogens is 450 g/mol. The maximum Gasteiger partial charge on any atom is 0.324 e. The molecule has 1 aliphatic carbocycles. The highest BCUT2D eigenvalue weighted by Crippen LogP contribution is 2.47. The van der Waals surface area contributed by atoms with Crippen molar-refractivity contribution in [2.24, 2.45) is 5.41 Å². The summed E-state index contributed by atoms with van der Waals surface area (Å²) in [6.07, 6.45) is -0.385. The van der Waals surface area contributed by atoms with E-state index in [-0.39, 0.29) is 25.2 Å². The number of esters is 2. The second-order valence-electron chi connectivity index (χ2n) is 11.2. The Kier molecular flexibility index (Phi) is 8.40. The Hall–Kier alpha value is -2.90. The van der Waals surface area contributed by atoms with Crippen LogP contribution in [-0.2, 0) is 30.3 Å². The summed E-state index contributed by atoms with van der Waals surface area (Å²) < 4.78 is 11.3. The summed E-state index contributed by atoms with van der Waals surface area (Å²) in [6.45, 7) is 15.2. The van der Waals surface area contributed by atoms with Crippen LogP contribution in [0, 0.1) is 5.41 Å². The van der Waals surface area contributed by atoms with Gasteiger partial charge >= 0.3 is 17.9 Å². The first-order chi connectivity index (χ1) is 16.0. The van der Waals surface area contributed by atoms with Gasteiger partial charge in [0.1, 0.15) is 11.2 Å². The molecule has 0 aliphatic heterocycles. The van der Waals surface area contributed by atoms with Crippen molar-refractivity contribution in [2.45, 2.75) is 91.8 Å². The van der Waals surface area contributed by atoms with Gasteiger partial charge in [0.25, 0.3) is 5.91 Å². The maximum atomic E-state index is 13.5. The summed E-state index contributed by atoms with van der Waals surface area (Å²) in [5.74, 6) is -3.36. The van der Waals surface area contributed by atoms with Gasteiger partial charge in [-0.05, 0) is 97.4 Å². The van der Waals surface area contributed by atoms with E-state index >= 15 is 0 Å². The number of carbonyl (C=O) groups is 4. The Morgan fingerprint density at radius 3 is 1.91 bits per heavy atom. The standard InChI is InChI=1S/C27H39NO7/c1-9-28(10-2)22(31)17-11-12-18-15-27(23(32)34-25(3,4)5,24(33)35-26(6,7)8)16-19(14-21(29)30)20(18)13-17/h11-13,19H,9-10,14-16H2,1-8H3,(H,29,30). The summed E-state index contributed by atoms with van der Waals surface area (Å²) in [6, 6.07) is 5.08. The molecule has 2 rings (SSSR count). The van der Waals surface area contributed by atoms with E-state index in [1.165, 1.54) is 0 Å². The average molecular weight is 490 g/mol. The molecule has 194 valence electrons. The third-order valence-corrected chi connectivity index (χ3v) is 5.97. The fourth-order valence-electron chi connectivity index (χ4n) is 4.43. The number of carboxylic acids is 1. The number of aliphatic carboxylic acids is 1. The Bertz CT molecular complexity index is 952. The fourth-order valence-corrected chi connectivity index (χ4v) is 4.43. The van der Waals surface area contributed by atoms with Gasteiger partial charge in [-0.3, -0.25) is 19.2 Å². The fraction of sp³-hybridized carbons (Fsp3) is 0.630. The predicted octanol–water partition coefficient (Wildman–Crippen LogP) is 4.34. The molecule has 0 aromatic heterocycles. The molecule has 1 unspecified atom stereocenters. The van der Waals surface area contributed by atoms with Gasteiger partial charge in [-0.1, -0.05) is 6.07 Å². The molecule has 35 heavy (non-hydrogen) atoms. The topological polar surface area (TPSA) is 110 Å². The quantitative estimate of drug-likeness (QED) is 0.448. The zero-order chi connectivity index (χ0) is 26.8. The van der Waals surface area contributed by atoms with Gasteiger partial charge in [-0.15, -0.1) is 0 Å². The van der Waals surface area contributed by atoms with E-state index in [1.807, 2.05) is 13.8 Å².